The molecular formula is C9H10F2N2O. The molecule has 0 aromatic heterocycles. The van der Waals surface area contributed by atoms with Gasteiger partial charge in [0.25, 0.3) is 0 Å². The summed E-state index contributed by atoms with van der Waals surface area (Å²) >= 11 is 0. The van der Waals surface area contributed by atoms with Gasteiger partial charge in [0, 0.05) is 12.0 Å². The van der Waals surface area contributed by atoms with Gasteiger partial charge in [-0.25, -0.2) is 0 Å². The molecule has 0 amide bonds. The molecular weight excluding hydrogens is 190 g/mol. The second-order valence-electron chi connectivity index (χ2n) is 2.69. The Morgan fingerprint density at radius 2 is 2.07 bits per heavy atom. The molecule has 3 nitrogen and oxygen atoms in total. The molecule has 1 aromatic rings. The molecule has 0 saturated carbocycles. The summed E-state index contributed by atoms with van der Waals surface area (Å²) in [6.07, 6.45) is 0.114. The van der Waals surface area contributed by atoms with Crippen LogP contribution < -0.4 is 10.5 Å². The molecule has 1 rings (SSSR count). The van der Waals surface area contributed by atoms with E-state index in [1.807, 2.05) is 0 Å². The van der Waals surface area contributed by atoms with Crippen LogP contribution in [0.3, 0.4) is 0 Å². The van der Waals surface area contributed by atoms with Gasteiger partial charge >= 0.3 is 6.61 Å². The minimum absolute atomic E-state index is 0.0673. The summed E-state index contributed by atoms with van der Waals surface area (Å²) in [5, 5.41) is 7.05. The highest BCUT2D eigenvalue weighted by molar-refractivity contribution is 5.80. The second kappa shape index (κ2) is 4.55. The largest absolute Gasteiger partial charge is 0.435 e. The molecule has 1 aromatic carbocycles. The Morgan fingerprint density at radius 1 is 1.43 bits per heavy atom. The highest BCUT2D eigenvalue weighted by Gasteiger charge is 2.09. The fourth-order valence-electron chi connectivity index (χ4n) is 1.07. The Bertz CT molecular complexity index is 328. The summed E-state index contributed by atoms with van der Waals surface area (Å²) in [5.41, 5.74) is 5.65. The zero-order valence-corrected chi connectivity index (χ0v) is 7.34. The third-order valence-electron chi connectivity index (χ3n) is 1.57. The first-order valence-corrected chi connectivity index (χ1v) is 3.95. The van der Waals surface area contributed by atoms with Crippen molar-refractivity contribution in [3.63, 3.8) is 0 Å². The lowest BCUT2D eigenvalue weighted by atomic mass is 10.1. The first-order valence-electron chi connectivity index (χ1n) is 3.95. The van der Waals surface area contributed by atoms with Gasteiger partial charge in [-0.2, -0.15) is 8.78 Å². The number of amidine groups is 1. The van der Waals surface area contributed by atoms with Crippen molar-refractivity contribution in [2.75, 3.05) is 0 Å². The molecule has 0 radical (unpaired) electrons. The van der Waals surface area contributed by atoms with E-state index >= 15 is 0 Å². The molecule has 76 valence electrons. The summed E-state index contributed by atoms with van der Waals surface area (Å²) in [7, 11) is 0. The van der Waals surface area contributed by atoms with Crippen molar-refractivity contribution in [2.45, 2.75) is 13.0 Å². The van der Waals surface area contributed by atoms with E-state index in [-0.39, 0.29) is 18.0 Å². The van der Waals surface area contributed by atoms with E-state index in [2.05, 4.69) is 4.74 Å². The van der Waals surface area contributed by atoms with Crippen LogP contribution >= 0.6 is 0 Å². The van der Waals surface area contributed by atoms with Crippen LogP contribution in [0.4, 0.5) is 8.78 Å². The molecule has 0 spiro atoms. The molecule has 14 heavy (non-hydrogen) atoms. The van der Waals surface area contributed by atoms with E-state index in [9.17, 15) is 8.78 Å². The predicted octanol–water partition coefficient (Wildman–Crippen LogP) is 1.77. The summed E-state index contributed by atoms with van der Waals surface area (Å²) in [4.78, 5) is 0. The van der Waals surface area contributed by atoms with Gasteiger partial charge in [0.15, 0.2) is 0 Å². The van der Waals surface area contributed by atoms with Crippen molar-refractivity contribution in [3.8, 4) is 5.75 Å². The molecule has 0 aliphatic carbocycles. The normalized spacial score (nSPS) is 10.2. The molecule has 0 aliphatic heterocycles. The van der Waals surface area contributed by atoms with Gasteiger partial charge in [-0.3, -0.25) is 5.41 Å². The van der Waals surface area contributed by atoms with Gasteiger partial charge in [-0.05, 0) is 6.07 Å². The van der Waals surface area contributed by atoms with Crippen LogP contribution in [-0.2, 0) is 6.42 Å². The fraction of sp³-hybridized carbons (Fsp3) is 0.222. The summed E-state index contributed by atoms with van der Waals surface area (Å²) < 4.78 is 28.1. The van der Waals surface area contributed by atoms with E-state index in [1.54, 1.807) is 18.2 Å². The van der Waals surface area contributed by atoms with Crippen LogP contribution in [0.5, 0.6) is 5.75 Å². The predicted molar refractivity (Wildman–Crippen MR) is 48.7 cm³/mol. The minimum Gasteiger partial charge on any atom is -0.435 e. The average molecular weight is 200 g/mol. The minimum atomic E-state index is -2.86. The van der Waals surface area contributed by atoms with E-state index in [1.165, 1.54) is 6.07 Å². The third-order valence-corrected chi connectivity index (χ3v) is 1.57. The number of halogens is 2. The van der Waals surface area contributed by atoms with Gasteiger partial charge in [0.2, 0.25) is 0 Å². The molecule has 3 N–H and O–H groups in total. The van der Waals surface area contributed by atoms with Gasteiger partial charge in [-0.1, -0.05) is 18.2 Å². The molecule has 0 fully saturated rings. The molecule has 0 heterocycles. The van der Waals surface area contributed by atoms with E-state index in [0.29, 0.717) is 5.56 Å². The van der Waals surface area contributed by atoms with E-state index in [4.69, 9.17) is 11.1 Å². The van der Waals surface area contributed by atoms with Gasteiger partial charge < -0.3 is 10.5 Å². The highest BCUT2D eigenvalue weighted by atomic mass is 19.3. The molecule has 0 unspecified atom stereocenters. The number of nitrogens with one attached hydrogen (secondary N) is 1. The first-order chi connectivity index (χ1) is 6.59. The van der Waals surface area contributed by atoms with Crippen LogP contribution in [0, 0.1) is 5.41 Å². The first kappa shape index (κ1) is 10.4. The van der Waals surface area contributed by atoms with Crippen LogP contribution in [-0.4, -0.2) is 12.4 Å². The Balaban J connectivity index is 2.85. The van der Waals surface area contributed by atoms with Crippen molar-refractivity contribution < 1.29 is 13.5 Å². The maximum Gasteiger partial charge on any atom is 0.387 e. The molecule has 5 heteroatoms. The lowest BCUT2D eigenvalue weighted by Crippen LogP contribution is -2.14. The van der Waals surface area contributed by atoms with E-state index in [0.717, 1.165) is 0 Å². The lowest BCUT2D eigenvalue weighted by molar-refractivity contribution is -0.0503. The average Bonchev–Trinajstić information content (AvgIpc) is 2.06. The number of ether oxygens (including phenoxy) is 1. The summed E-state index contributed by atoms with van der Waals surface area (Å²) in [5.74, 6) is -0.0204. The molecule has 0 bridgehead atoms. The van der Waals surface area contributed by atoms with Crippen molar-refractivity contribution >= 4 is 5.84 Å². The number of alkyl halides is 2. The number of nitrogens with two attached hydrogens (primary N) is 1. The summed E-state index contributed by atoms with van der Waals surface area (Å²) in [6.45, 7) is -2.86. The number of hydrogen-bond acceptors (Lipinski definition) is 2. The van der Waals surface area contributed by atoms with Gasteiger partial charge in [-0.15, -0.1) is 0 Å². The Labute approximate surface area is 80.0 Å². The smallest absolute Gasteiger partial charge is 0.387 e. The van der Waals surface area contributed by atoms with Crippen molar-refractivity contribution in [3.05, 3.63) is 29.8 Å². The topological polar surface area (TPSA) is 59.1 Å². The fourth-order valence-corrected chi connectivity index (χ4v) is 1.07. The summed E-state index contributed by atoms with van der Waals surface area (Å²) in [6, 6.07) is 6.28. The van der Waals surface area contributed by atoms with Crippen molar-refractivity contribution in [1.82, 2.24) is 0 Å². The number of hydrogen-bond donors (Lipinski definition) is 2. The SMILES string of the molecule is N=C(N)Cc1ccccc1OC(F)F. The zero-order valence-electron chi connectivity index (χ0n) is 7.34. The van der Waals surface area contributed by atoms with Crippen LogP contribution in [0.15, 0.2) is 24.3 Å². The lowest BCUT2D eigenvalue weighted by Gasteiger charge is -2.09. The molecule has 0 atom stereocenters. The Morgan fingerprint density at radius 3 is 2.64 bits per heavy atom. The Hall–Kier alpha value is -1.65. The Kier molecular flexibility index (Phi) is 3.39. The third kappa shape index (κ3) is 3.01. The quantitative estimate of drug-likeness (QED) is 0.574. The van der Waals surface area contributed by atoms with Crippen LogP contribution in [0.2, 0.25) is 0 Å². The van der Waals surface area contributed by atoms with Crippen LogP contribution in [0.1, 0.15) is 5.56 Å². The molecule has 0 aliphatic rings. The highest BCUT2D eigenvalue weighted by Crippen LogP contribution is 2.20. The second-order valence-corrected chi connectivity index (χ2v) is 2.69. The number of para-hydroxylation sites is 1. The molecule has 0 saturated heterocycles. The van der Waals surface area contributed by atoms with Crippen molar-refractivity contribution in [2.24, 2.45) is 5.73 Å². The van der Waals surface area contributed by atoms with Crippen LogP contribution in [0.25, 0.3) is 0 Å². The standard InChI is InChI=1S/C9H10F2N2O/c10-9(11)14-7-4-2-1-3-6(7)5-8(12)13/h1-4,9H,5H2,(H3,12,13). The van der Waals surface area contributed by atoms with Gasteiger partial charge in [0.1, 0.15) is 5.75 Å². The van der Waals surface area contributed by atoms with Crippen molar-refractivity contribution in [1.29, 1.82) is 5.41 Å². The maximum atomic E-state index is 11.9. The zero-order chi connectivity index (χ0) is 10.6. The number of benzene rings is 1. The van der Waals surface area contributed by atoms with Gasteiger partial charge in [0.05, 0.1) is 5.84 Å². The number of rotatable bonds is 4. The van der Waals surface area contributed by atoms with E-state index < -0.39 is 6.61 Å². The monoisotopic (exact) mass is 200 g/mol. The maximum absolute atomic E-state index is 11.9.